The number of hydrogen-bond acceptors (Lipinski definition) is 3. The Kier molecular flexibility index (Phi) is 2.00. The van der Waals surface area contributed by atoms with Gasteiger partial charge in [-0.25, -0.2) is 0 Å². The summed E-state index contributed by atoms with van der Waals surface area (Å²) in [5.74, 6) is 0. The van der Waals surface area contributed by atoms with Crippen LogP contribution in [0, 0.1) is 10.1 Å². The molecule has 0 aromatic heterocycles. The van der Waals surface area contributed by atoms with E-state index in [1.807, 2.05) is 0 Å². The van der Waals surface area contributed by atoms with Crippen molar-refractivity contribution in [2.45, 2.75) is 37.8 Å². The van der Waals surface area contributed by atoms with Crippen LogP contribution >= 0.6 is 0 Å². The van der Waals surface area contributed by atoms with E-state index in [1.54, 1.807) is 0 Å². The van der Waals surface area contributed by atoms with E-state index >= 15 is 0 Å². The molecule has 0 spiro atoms. The van der Waals surface area contributed by atoms with Crippen molar-refractivity contribution in [3.63, 3.8) is 0 Å². The van der Waals surface area contributed by atoms with E-state index in [0.29, 0.717) is 6.04 Å². The van der Waals surface area contributed by atoms with Gasteiger partial charge in [0, 0.05) is 11.0 Å². The summed E-state index contributed by atoms with van der Waals surface area (Å²) >= 11 is 0. The minimum Gasteiger partial charge on any atom is -0.291 e. The molecule has 0 saturated carbocycles. The molecule has 2 fully saturated rings. The highest BCUT2D eigenvalue weighted by Gasteiger charge is 2.38. The molecule has 2 heterocycles. The Bertz CT molecular complexity index is 195. The first-order chi connectivity index (χ1) is 5.77. The quantitative estimate of drug-likeness (QED) is 0.456. The van der Waals surface area contributed by atoms with E-state index in [0.717, 1.165) is 13.0 Å². The lowest BCUT2D eigenvalue weighted by Gasteiger charge is -2.19. The Labute approximate surface area is 71.7 Å². The molecule has 0 N–H and O–H groups in total. The fraction of sp³-hybridized carbons (Fsp3) is 1.00. The molecule has 0 amide bonds. The van der Waals surface area contributed by atoms with Gasteiger partial charge in [-0.15, -0.1) is 0 Å². The average Bonchev–Trinajstić information content (AvgIpc) is 2.52. The number of nitro groups is 1. The van der Waals surface area contributed by atoms with Gasteiger partial charge in [0.1, 0.15) is 0 Å². The van der Waals surface area contributed by atoms with Gasteiger partial charge < -0.3 is 0 Å². The Hall–Kier alpha value is -0.640. The highest BCUT2D eigenvalue weighted by atomic mass is 16.6. The molecule has 2 aliphatic heterocycles. The predicted molar refractivity (Wildman–Crippen MR) is 44.6 cm³/mol. The molecule has 0 aromatic carbocycles. The van der Waals surface area contributed by atoms with E-state index in [2.05, 4.69) is 4.90 Å². The van der Waals surface area contributed by atoms with Crippen LogP contribution in [-0.2, 0) is 0 Å². The van der Waals surface area contributed by atoms with Gasteiger partial charge in [0.2, 0.25) is 6.54 Å². The molecule has 2 atom stereocenters. The van der Waals surface area contributed by atoms with Crippen LogP contribution in [0.25, 0.3) is 0 Å². The number of fused-ring (bicyclic) bond motifs is 1. The van der Waals surface area contributed by atoms with Crippen LogP contribution in [0.3, 0.4) is 0 Å². The minimum atomic E-state index is -0.175. The van der Waals surface area contributed by atoms with Crippen molar-refractivity contribution in [3.05, 3.63) is 10.1 Å². The summed E-state index contributed by atoms with van der Waals surface area (Å²) in [7, 11) is 0. The van der Waals surface area contributed by atoms with E-state index in [-0.39, 0.29) is 17.5 Å². The fourth-order valence-electron chi connectivity index (χ4n) is 2.57. The molecule has 2 saturated heterocycles. The maximum Gasteiger partial charge on any atom is 0.219 e. The Morgan fingerprint density at radius 2 is 2.25 bits per heavy atom. The molecule has 0 radical (unpaired) electrons. The molecule has 4 heteroatoms. The Balaban J connectivity index is 1.95. The molecular weight excluding hydrogens is 156 g/mol. The van der Waals surface area contributed by atoms with Crippen LogP contribution in [0.5, 0.6) is 0 Å². The maximum atomic E-state index is 10.3. The summed E-state index contributed by atoms with van der Waals surface area (Å²) in [5, 5.41) is 10.3. The first-order valence-corrected chi connectivity index (χ1v) is 4.65. The van der Waals surface area contributed by atoms with Crippen molar-refractivity contribution in [3.8, 4) is 0 Å². The number of rotatable bonds is 2. The second-order valence-electron chi connectivity index (χ2n) is 3.78. The molecule has 2 rings (SSSR count). The third-order valence-electron chi connectivity index (χ3n) is 3.08. The maximum absolute atomic E-state index is 10.3. The molecule has 12 heavy (non-hydrogen) atoms. The molecule has 0 aromatic rings. The van der Waals surface area contributed by atoms with Crippen molar-refractivity contribution in [2.75, 3.05) is 13.1 Å². The number of hydrogen-bond donors (Lipinski definition) is 0. The zero-order chi connectivity index (χ0) is 8.55. The van der Waals surface area contributed by atoms with Crippen LogP contribution in [0.1, 0.15) is 25.7 Å². The van der Waals surface area contributed by atoms with Gasteiger partial charge in [-0.2, -0.15) is 0 Å². The smallest absolute Gasteiger partial charge is 0.219 e. The third kappa shape index (κ3) is 1.31. The molecule has 0 bridgehead atoms. The van der Waals surface area contributed by atoms with Gasteiger partial charge in [0.15, 0.2) is 0 Å². The van der Waals surface area contributed by atoms with E-state index < -0.39 is 0 Å². The molecule has 2 aliphatic rings. The van der Waals surface area contributed by atoms with Crippen molar-refractivity contribution in [1.29, 1.82) is 0 Å². The lowest BCUT2D eigenvalue weighted by Crippen LogP contribution is -2.36. The summed E-state index contributed by atoms with van der Waals surface area (Å²) in [4.78, 5) is 12.5. The molecule has 2 unspecified atom stereocenters. The third-order valence-corrected chi connectivity index (χ3v) is 3.08. The predicted octanol–water partition coefficient (Wildman–Crippen LogP) is 0.890. The summed E-state index contributed by atoms with van der Waals surface area (Å²) in [6, 6.07) is 0.919. The number of nitrogens with zero attached hydrogens (tertiary/aromatic N) is 2. The zero-order valence-electron chi connectivity index (χ0n) is 7.11. The largest absolute Gasteiger partial charge is 0.291 e. The summed E-state index contributed by atoms with van der Waals surface area (Å²) in [6.45, 7) is 1.24. The van der Waals surface area contributed by atoms with E-state index in [9.17, 15) is 10.1 Å². The Morgan fingerprint density at radius 3 is 3.00 bits per heavy atom. The van der Waals surface area contributed by atoms with Crippen LogP contribution in [-0.4, -0.2) is 35.0 Å². The fourth-order valence-corrected chi connectivity index (χ4v) is 2.57. The standard InChI is InChI=1S/C8H14N2O2/c11-10(12)6-8-4-3-7-2-1-5-9(7)8/h7-8H,1-6H2. The topological polar surface area (TPSA) is 46.4 Å². The van der Waals surface area contributed by atoms with Crippen molar-refractivity contribution >= 4 is 0 Å². The van der Waals surface area contributed by atoms with Gasteiger partial charge in [-0.1, -0.05) is 0 Å². The summed E-state index contributed by atoms with van der Waals surface area (Å²) in [6.07, 6.45) is 4.71. The average molecular weight is 170 g/mol. The Morgan fingerprint density at radius 1 is 1.42 bits per heavy atom. The first-order valence-electron chi connectivity index (χ1n) is 4.65. The second kappa shape index (κ2) is 3.01. The lowest BCUT2D eigenvalue weighted by atomic mass is 10.1. The summed E-state index contributed by atoms with van der Waals surface area (Å²) in [5.41, 5.74) is 0. The monoisotopic (exact) mass is 170 g/mol. The van der Waals surface area contributed by atoms with Gasteiger partial charge in [0.25, 0.3) is 0 Å². The van der Waals surface area contributed by atoms with Crippen LogP contribution < -0.4 is 0 Å². The van der Waals surface area contributed by atoms with Gasteiger partial charge in [-0.05, 0) is 32.2 Å². The van der Waals surface area contributed by atoms with Crippen molar-refractivity contribution in [1.82, 2.24) is 4.90 Å². The van der Waals surface area contributed by atoms with E-state index in [1.165, 1.54) is 19.3 Å². The van der Waals surface area contributed by atoms with Gasteiger partial charge in [-0.3, -0.25) is 15.0 Å². The normalized spacial score (nSPS) is 35.3. The van der Waals surface area contributed by atoms with Gasteiger partial charge >= 0.3 is 0 Å². The zero-order valence-corrected chi connectivity index (χ0v) is 7.11. The van der Waals surface area contributed by atoms with Crippen molar-refractivity contribution < 1.29 is 4.92 Å². The van der Waals surface area contributed by atoms with Crippen LogP contribution in [0.4, 0.5) is 0 Å². The van der Waals surface area contributed by atoms with Crippen LogP contribution in [0.15, 0.2) is 0 Å². The van der Waals surface area contributed by atoms with Crippen molar-refractivity contribution in [2.24, 2.45) is 0 Å². The first kappa shape index (κ1) is 7.98. The highest BCUT2D eigenvalue weighted by Crippen LogP contribution is 2.32. The van der Waals surface area contributed by atoms with Gasteiger partial charge in [0.05, 0.1) is 6.04 Å². The van der Waals surface area contributed by atoms with Crippen LogP contribution in [0.2, 0.25) is 0 Å². The summed E-state index contributed by atoms with van der Waals surface area (Å²) < 4.78 is 0. The molecule has 0 aliphatic carbocycles. The highest BCUT2D eigenvalue weighted by molar-refractivity contribution is 4.91. The molecule has 4 nitrogen and oxygen atoms in total. The molecular formula is C8H14N2O2. The molecule has 68 valence electrons. The second-order valence-corrected chi connectivity index (χ2v) is 3.78. The minimum absolute atomic E-state index is 0.149. The lowest BCUT2D eigenvalue weighted by molar-refractivity contribution is -0.486. The van der Waals surface area contributed by atoms with E-state index in [4.69, 9.17) is 0 Å². The SMILES string of the molecule is O=[N+]([O-])CC1CCC2CCCN21.